The molecule has 134 valence electrons. The molecule has 1 fully saturated rings. The van der Waals surface area contributed by atoms with Crippen molar-refractivity contribution in [3.8, 4) is 0 Å². The molecule has 1 aliphatic rings. The van der Waals surface area contributed by atoms with E-state index in [-0.39, 0.29) is 11.8 Å². The van der Waals surface area contributed by atoms with E-state index >= 15 is 0 Å². The van der Waals surface area contributed by atoms with Crippen molar-refractivity contribution in [2.75, 3.05) is 13.1 Å². The highest BCUT2D eigenvalue weighted by molar-refractivity contribution is 5.78. The Balaban J connectivity index is 1.42. The van der Waals surface area contributed by atoms with Crippen LogP contribution in [0.5, 0.6) is 0 Å². The zero-order valence-electron chi connectivity index (χ0n) is 15.2. The molecule has 5 nitrogen and oxygen atoms in total. The largest absolute Gasteiger partial charge is 0.352 e. The first-order valence-electron chi connectivity index (χ1n) is 9.19. The van der Waals surface area contributed by atoms with E-state index < -0.39 is 0 Å². The fourth-order valence-electron chi connectivity index (χ4n) is 3.28. The fourth-order valence-corrected chi connectivity index (χ4v) is 3.28. The van der Waals surface area contributed by atoms with Crippen molar-refractivity contribution in [1.29, 1.82) is 0 Å². The Hall–Kier alpha value is -2.14. The van der Waals surface area contributed by atoms with Gasteiger partial charge < -0.3 is 5.32 Å². The predicted octanol–water partition coefficient (Wildman–Crippen LogP) is 2.99. The molecule has 3 rings (SSSR count). The molecule has 1 aliphatic heterocycles. The van der Waals surface area contributed by atoms with Crippen molar-refractivity contribution in [3.63, 3.8) is 0 Å². The number of nitrogens with one attached hydrogen (secondary N) is 1. The summed E-state index contributed by atoms with van der Waals surface area (Å²) in [5, 5.41) is 7.48. The standard InChI is InChI=1S/C20H28N4O/c1-16(2)24-15-18(13-22-24)14-23-10-8-19(9-11-23)20(25)21-12-17-6-4-3-5-7-17/h3-7,13,15-16,19H,8-12,14H2,1-2H3,(H,21,25). The van der Waals surface area contributed by atoms with Crippen molar-refractivity contribution in [2.45, 2.75) is 45.8 Å². The lowest BCUT2D eigenvalue weighted by Crippen LogP contribution is -2.40. The molecule has 2 heterocycles. The van der Waals surface area contributed by atoms with E-state index in [0.29, 0.717) is 12.6 Å². The summed E-state index contributed by atoms with van der Waals surface area (Å²) in [6, 6.07) is 10.5. The van der Waals surface area contributed by atoms with E-state index in [1.165, 1.54) is 5.56 Å². The predicted molar refractivity (Wildman–Crippen MR) is 98.9 cm³/mol. The van der Waals surface area contributed by atoms with Crippen molar-refractivity contribution < 1.29 is 4.79 Å². The van der Waals surface area contributed by atoms with Gasteiger partial charge in [-0.1, -0.05) is 30.3 Å². The van der Waals surface area contributed by atoms with Crippen LogP contribution in [0, 0.1) is 5.92 Å². The van der Waals surface area contributed by atoms with Crippen LogP contribution in [0.2, 0.25) is 0 Å². The van der Waals surface area contributed by atoms with Gasteiger partial charge in [-0.15, -0.1) is 0 Å². The van der Waals surface area contributed by atoms with E-state index in [4.69, 9.17) is 0 Å². The summed E-state index contributed by atoms with van der Waals surface area (Å²) in [5.74, 6) is 0.328. The molecule has 0 bridgehead atoms. The van der Waals surface area contributed by atoms with Gasteiger partial charge in [0.25, 0.3) is 0 Å². The van der Waals surface area contributed by atoms with E-state index in [1.54, 1.807) is 0 Å². The smallest absolute Gasteiger partial charge is 0.223 e. The molecule has 0 aliphatic carbocycles. The Labute approximate surface area is 150 Å². The summed E-state index contributed by atoms with van der Waals surface area (Å²) in [6.07, 6.45) is 5.94. The number of carbonyl (C=O) groups is 1. The summed E-state index contributed by atoms with van der Waals surface area (Å²) in [5.41, 5.74) is 2.40. The Kier molecular flexibility index (Phi) is 5.87. The van der Waals surface area contributed by atoms with Crippen LogP contribution in [-0.4, -0.2) is 33.7 Å². The number of aromatic nitrogens is 2. The first kappa shape index (κ1) is 17.7. The normalized spacial score (nSPS) is 16.3. The number of piperidine rings is 1. The van der Waals surface area contributed by atoms with E-state index in [9.17, 15) is 4.79 Å². The molecule has 1 N–H and O–H groups in total. The zero-order valence-corrected chi connectivity index (χ0v) is 15.2. The molecular formula is C20H28N4O. The number of hydrogen-bond donors (Lipinski definition) is 1. The number of hydrogen-bond acceptors (Lipinski definition) is 3. The van der Waals surface area contributed by atoms with Crippen LogP contribution < -0.4 is 5.32 Å². The molecule has 25 heavy (non-hydrogen) atoms. The number of rotatable bonds is 6. The van der Waals surface area contributed by atoms with Gasteiger partial charge in [-0.25, -0.2) is 0 Å². The topological polar surface area (TPSA) is 50.2 Å². The highest BCUT2D eigenvalue weighted by Gasteiger charge is 2.25. The van der Waals surface area contributed by atoms with Crippen LogP contribution in [0.15, 0.2) is 42.7 Å². The van der Waals surface area contributed by atoms with Crippen LogP contribution in [-0.2, 0) is 17.9 Å². The molecule has 1 amide bonds. The third kappa shape index (κ3) is 4.92. The molecule has 5 heteroatoms. The van der Waals surface area contributed by atoms with Gasteiger partial charge in [0.05, 0.1) is 6.20 Å². The molecule has 0 unspecified atom stereocenters. The molecule has 1 saturated heterocycles. The van der Waals surface area contributed by atoms with E-state index in [0.717, 1.165) is 38.0 Å². The van der Waals surface area contributed by atoms with E-state index in [1.807, 2.05) is 41.2 Å². The van der Waals surface area contributed by atoms with Gasteiger partial charge in [0.15, 0.2) is 0 Å². The van der Waals surface area contributed by atoms with Crippen molar-refractivity contribution >= 4 is 5.91 Å². The van der Waals surface area contributed by atoms with Gasteiger partial charge in [0.1, 0.15) is 0 Å². The molecular weight excluding hydrogens is 312 g/mol. The second-order valence-corrected chi connectivity index (χ2v) is 7.18. The number of benzene rings is 1. The van der Waals surface area contributed by atoms with Crippen molar-refractivity contribution in [2.24, 2.45) is 5.92 Å². The summed E-state index contributed by atoms with van der Waals surface area (Å²) in [4.78, 5) is 14.8. The van der Waals surface area contributed by atoms with Crippen LogP contribution >= 0.6 is 0 Å². The SMILES string of the molecule is CC(C)n1cc(CN2CCC(C(=O)NCc3ccccc3)CC2)cn1. The Morgan fingerprint density at radius 2 is 1.92 bits per heavy atom. The van der Waals surface area contributed by atoms with Crippen LogP contribution in [0.4, 0.5) is 0 Å². The molecule has 2 aromatic rings. The second-order valence-electron chi connectivity index (χ2n) is 7.18. The molecule has 1 aromatic carbocycles. The first-order valence-corrected chi connectivity index (χ1v) is 9.19. The Bertz CT molecular complexity index is 672. The lowest BCUT2D eigenvalue weighted by atomic mass is 9.95. The third-order valence-electron chi connectivity index (χ3n) is 4.86. The Morgan fingerprint density at radius 1 is 1.20 bits per heavy atom. The van der Waals surface area contributed by atoms with Gasteiger partial charge >= 0.3 is 0 Å². The maximum absolute atomic E-state index is 12.4. The average Bonchev–Trinajstić information content (AvgIpc) is 3.10. The molecule has 0 radical (unpaired) electrons. The van der Waals surface area contributed by atoms with Crippen LogP contribution in [0.3, 0.4) is 0 Å². The van der Waals surface area contributed by atoms with Gasteiger partial charge in [-0.3, -0.25) is 14.4 Å². The minimum absolute atomic E-state index is 0.137. The van der Waals surface area contributed by atoms with E-state index in [2.05, 4.69) is 35.4 Å². The average molecular weight is 340 g/mol. The van der Waals surface area contributed by atoms with Crippen molar-refractivity contribution in [3.05, 3.63) is 53.9 Å². The summed E-state index contributed by atoms with van der Waals surface area (Å²) in [7, 11) is 0. The lowest BCUT2D eigenvalue weighted by molar-refractivity contribution is -0.126. The minimum Gasteiger partial charge on any atom is -0.352 e. The zero-order chi connectivity index (χ0) is 17.6. The molecule has 0 spiro atoms. The molecule has 0 saturated carbocycles. The van der Waals surface area contributed by atoms with Gasteiger partial charge in [-0.2, -0.15) is 5.10 Å². The first-order chi connectivity index (χ1) is 12.1. The minimum atomic E-state index is 0.137. The molecule has 1 aromatic heterocycles. The fraction of sp³-hybridized carbons (Fsp3) is 0.500. The quantitative estimate of drug-likeness (QED) is 0.879. The summed E-state index contributed by atoms with van der Waals surface area (Å²) in [6.45, 7) is 7.75. The van der Waals surface area contributed by atoms with Gasteiger partial charge in [0.2, 0.25) is 5.91 Å². The number of carbonyl (C=O) groups excluding carboxylic acids is 1. The lowest BCUT2D eigenvalue weighted by Gasteiger charge is -2.31. The highest BCUT2D eigenvalue weighted by Crippen LogP contribution is 2.19. The van der Waals surface area contributed by atoms with Crippen molar-refractivity contribution in [1.82, 2.24) is 20.0 Å². The summed E-state index contributed by atoms with van der Waals surface area (Å²) < 4.78 is 2.00. The number of nitrogens with zero attached hydrogens (tertiary/aromatic N) is 3. The number of amides is 1. The summed E-state index contributed by atoms with van der Waals surface area (Å²) >= 11 is 0. The Morgan fingerprint density at radius 3 is 2.56 bits per heavy atom. The van der Waals surface area contributed by atoms with Crippen LogP contribution in [0.25, 0.3) is 0 Å². The molecule has 0 atom stereocenters. The highest BCUT2D eigenvalue weighted by atomic mass is 16.1. The maximum Gasteiger partial charge on any atom is 0.223 e. The van der Waals surface area contributed by atoms with Gasteiger partial charge in [0, 0.05) is 36.8 Å². The van der Waals surface area contributed by atoms with Crippen LogP contribution in [0.1, 0.15) is 43.9 Å². The maximum atomic E-state index is 12.4. The number of likely N-dealkylation sites (tertiary alicyclic amines) is 1. The van der Waals surface area contributed by atoms with Gasteiger partial charge in [-0.05, 0) is 45.3 Å². The second kappa shape index (κ2) is 8.30. The third-order valence-corrected chi connectivity index (χ3v) is 4.86. The monoisotopic (exact) mass is 340 g/mol.